The van der Waals surface area contributed by atoms with Crippen LogP contribution in [0.5, 0.6) is 0 Å². The second-order valence-corrected chi connectivity index (χ2v) is 11.0. The first-order valence-electron chi connectivity index (χ1n) is 11.9. The van der Waals surface area contributed by atoms with E-state index in [2.05, 4.69) is 5.75 Å². The molecule has 0 aromatic carbocycles. The summed E-state index contributed by atoms with van der Waals surface area (Å²) in [6.45, 7) is 3.34. The minimum atomic E-state index is -4.37. The van der Waals surface area contributed by atoms with Crippen LogP contribution in [0.25, 0.3) is 0 Å². The fourth-order valence-electron chi connectivity index (χ4n) is 4.16. The Kier molecular flexibility index (Phi) is 11.1. The molecule has 2 aromatic rings. The van der Waals surface area contributed by atoms with E-state index >= 15 is 0 Å². The van der Waals surface area contributed by atoms with Crippen LogP contribution in [0.4, 0.5) is 0 Å². The molecule has 0 aliphatic carbocycles. The Morgan fingerprint density at radius 3 is 1.58 bits per heavy atom. The van der Waals surface area contributed by atoms with Crippen LogP contribution < -0.4 is 11.1 Å². The van der Waals surface area contributed by atoms with E-state index in [1.54, 1.807) is 34.1 Å². The molecule has 0 spiro atoms. The van der Waals surface area contributed by atoms with Gasteiger partial charge in [-0.1, -0.05) is 0 Å². The van der Waals surface area contributed by atoms with Gasteiger partial charge in [-0.25, -0.2) is 0 Å². The van der Waals surface area contributed by atoms with Crippen LogP contribution in [0.3, 0.4) is 0 Å². The number of hydrogen-bond acceptors (Lipinski definition) is 10. The standard InChI is InChI=1S/C22H32N6O8P2/c29-21-5-1-3-19(27(21)31)15-23-7-11-25(17-37-33)12-8-24(16-20-4-2-6-22(30)28(20)32)10-14-26(13-9-23)18-38(34,35)36/h1-6,31-32H,7-16,18H2,(H2,34,35,36). The third-order valence-corrected chi connectivity index (χ3v) is 7.32. The van der Waals surface area contributed by atoms with Gasteiger partial charge in [0.05, 0.1) is 0 Å². The summed E-state index contributed by atoms with van der Waals surface area (Å²) < 4.78 is 24.3. The molecule has 3 rings (SSSR count). The van der Waals surface area contributed by atoms with Gasteiger partial charge in [-0.3, -0.25) is 0 Å². The summed E-state index contributed by atoms with van der Waals surface area (Å²) >= 11 is 0. The maximum absolute atomic E-state index is 11.8. The number of nitrogens with zero attached hydrogens (tertiary/aromatic N) is 6. The Morgan fingerprint density at radius 2 is 1.16 bits per heavy atom. The van der Waals surface area contributed by atoms with Crippen LogP contribution in [0, 0.1) is 5.75 Å². The van der Waals surface area contributed by atoms with Crippen LogP contribution in [0.2, 0.25) is 0 Å². The topological polar surface area (TPSA) is 172 Å². The second-order valence-electron chi connectivity index (χ2n) is 8.99. The molecule has 4 N–H and O–H groups in total. The van der Waals surface area contributed by atoms with Crippen molar-refractivity contribution in [3.05, 3.63) is 68.5 Å². The third kappa shape index (κ3) is 9.36. The van der Waals surface area contributed by atoms with Crippen molar-refractivity contribution in [2.45, 2.75) is 13.1 Å². The Balaban J connectivity index is 1.83. The summed E-state index contributed by atoms with van der Waals surface area (Å²) in [6, 6.07) is 8.77. The van der Waals surface area contributed by atoms with Gasteiger partial charge in [0, 0.05) is 0 Å². The molecule has 1 aliphatic rings. The molecule has 0 atom stereocenters. The van der Waals surface area contributed by atoms with Gasteiger partial charge in [0.2, 0.25) is 0 Å². The summed E-state index contributed by atoms with van der Waals surface area (Å²) in [6.07, 6.45) is -0.455. The second kappa shape index (κ2) is 14.0. The zero-order valence-corrected chi connectivity index (χ0v) is 22.5. The zero-order chi connectivity index (χ0) is 27.7. The summed E-state index contributed by atoms with van der Waals surface area (Å²) in [4.78, 5) is 50.2. The molecule has 0 saturated carbocycles. The number of hydrogen-bond donors (Lipinski definition) is 4. The fraction of sp³-hybridized carbons (Fsp3) is 0.500. The van der Waals surface area contributed by atoms with Gasteiger partial charge in [0.25, 0.3) is 0 Å². The van der Waals surface area contributed by atoms with E-state index in [0.29, 0.717) is 60.1 Å². The number of aromatic nitrogens is 2. The molecule has 0 amide bonds. The molecule has 0 radical (unpaired) electrons. The normalized spacial score (nSPS) is 17.8. The molecule has 1 saturated heterocycles. The van der Waals surface area contributed by atoms with Gasteiger partial charge in [0.1, 0.15) is 0 Å². The molecule has 0 bridgehead atoms. The molecule has 2 aromatic heterocycles. The molecule has 1 aliphatic heterocycles. The van der Waals surface area contributed by atoms with Crippen molar-refractivity contribution in [2.24, 2.45) is 0 Å². The Labute approximate surface area is 220 Å². The van der Waals surface area contributed by atoms with Crippen molar-refractivity contribution in [3.63, 3.8) is 0 Å². The molecular weight excluding hydrogens is 538 g/mol. The first-order valence-corrected chi connectivity index (χ1v) is 14.5. The first kappa shape index (κ1) is 30.0. The molecule has 0 unspecified atom stereocenters. The van der Waals surface area contributed by atoms with E-state index in [1.165, 1.54) is 12.1 Å². The van der Waals surface area contributed by atoms with Gasteiger partial charge in [-0.05, 0) is 0 Å². The van der Waals surface area contributed by atoms with Gasteiger partial charge in [0.15, 0.2) is 0 Å². The van der Waals surface area contributed by atoms with E-state index < -0.39 is 25.0 Å². The summed E-state index contributed by atoms with van der Waals surface area (Å²) in [5, 5.41) is 20.2. The number of rotatable bonds is 6. The Bertz CT molecular complexity index is 1280. The van der Waals surface area contributed by atoms with E-state index in [-0.39, 0.29) is 34.1 Å². The monoisotopic (exact) mass is 570 g/mol. The van der Waals surface area contributed by atoms with Crippen molar-refractivity contribution < 1.29 is 29.3 Å². The molecule has 38 heavy (non-hydrogen) atoms. The number of pyridine rings is 2. The van der Waals surface area contributed by atoms with E-state index in [9.17, 15) is 38.9 Å². The van der Waals surface area contributed by atoms with Gasteiger partial charge < -0.3 is 0 Å². The average Bonchev–Trinajstić information content (AvgIpc) is 2.85. The Hall–Kier alpha value is -2.50. The van der Waals surface area contributed by atoms with Gasteiger partial charge in [-0.15, -0.1) is 0 Å². The first-order chi connectivity index (χ1) is 18.1. The maximum atomic E-state index is 11.8. The van der Waals surface area contributed by atoms with Crippen molar-refractivity contribution in [1.29, 1.82) is 0 Å². The van der Waals surface area contributed by atoms with Crippen LogP contribution in [0.1, 0.15) is 11.4 Å². The molecule has 1 fully saturated rings. The van der Waals surface area contributed by atoms with Crippen LogP contribution >= 0.6 is 15.5 Å². The van der Waals surface area contributed by atoms with E-state index in [1.807, 2.05) is 9.80 Å². The fourth-order valence-corrected chi connectivity index (χ4v) is 5.28. The van der Waals surface area contributed by atoms with E-state index in [0.717, 1.165) is 0 Å². The molecule has 14 nitrogen and oxygen atoms in total. The van der Waals surface area contributed by atoms with Crippen molar-refractivity contribution in [1.82, 2.24) is 29.1 Å². The van der Waals surface area contributed by atoms with Gasteiger partial charge in [-0.2, -0.15) is 0 Å². The molecule has 16 heteroatoms. The molecule has 3 heterocycles. The summed E-state index contributed by atoms with van der Waals surface area (Å²) in [7, 11) is -4.66. The van der Waals surface area contributed by atoms with Crippen LogP contribution in [-0.2, 0) is 22.2 Å². The van der Waals surface area contributed by atoms with Crippen LogP contribution in [-0.4, -0.2) is 108 Å². The van der Waals surface area contributed by atoms with Gasteiger partial charge >= 0.3 is 220 Å². The predicted molar refractivity (Wildman–Crippen MR) is 138 cm³/mol. The van der Waals surface area contributed by atoms with Crippen molar-refractivity contribution >= 4 is 15.5 Å². The molecular formula is C22H32N6O8P2. The van der Waals surface area contributed by atoms with Crippen molar-refractivity contribution in [3.8, 4) is 5.75 Å². The van der Waals surface area contributed by atoms with Crippen molar-refractivity contribution in [2.75, 3.05) is 58.6 Å². The third-order valence-electron chi connectivity index (χ3n) is 6.19. The molecule has 208 valence electrons. The SMILES string of the molecule is O=P#CN1CCN(Cc2cccc(=O)n2O)CCN(CP(=O)(O)O)CCN(Cc2cccc(=O)n2O)CC1. The van der Waals surface area contributed by atoms with E-state index in [4.69, 9.17) is 0 Å². The quantitative estimate of drug-likeness (QED) is 0.266. The summed E-state index contributed by atoms with van der Waals surface area (Å²) in [5.74, 6) is 2.76. The summed E-state index contributed by atoms with van der Waals surface area (Å²) in [5.41, 5.74) is -0.422. The van der Waals surface area contributed by atoms with Crippen LogP contribution in [0.15, 0.2) is 46.0 Å². The average molecular weight is 570 g/mol. The zero-order valence-electron chi connectivity index (χ0n) is 20.7. The predicted octanol–water partition coefficient (Wildman–Crippen LogP) is -0.250. The minimum absolute atomic E-state index is 0.202. The Morgan fingerprint density at radius 1 is 0.737 bits per heavy atom.